The molecule has 3 aromatic rings. The zero-order chi connectivity index (χ0) is 17.4. The first-order chi connectivity index (χ1) is 12.1. The molecule has 0 saturated heterocycles. The normalized spacial score (nSPS) is 20.2. The van der Waals surface area contributed by atoms with Crippen LogP contribution in [0.25, 0.3) is 10.9 Å². The van der Waals surface area contributed by atoms with Crippen LogP contribution in [0.4, 0.5) is 0 Å². The fraction of sp³-hybridized carbons (Fsp3) is 0.250. The van der Waals surface area contributed by atoms with E-state index in [1.165, 1.54) is 0 Å². The molecule has 5 nitrogen and oxygen atoms in total. The first-order valence-electron chi connectivity index (χ1n) is 8.48. The number of aromatic amines is 1. The summed E-state index contributed by atoms with van der Waals surface area (Å²) >= 11 is 0. The molecule has 0 bridgehead atoms. The highest BCUT2D eigenvalue weighted by Gasteiger charge is 2.41. The van der Waals surface area contributed by atoms with Crippen LogP contribution in [-0.4, -0.2) is 16.1 Å². The van der Waals surface area contributed by atoms with Gasteiger partial charge in [0.05, 0.1) is 11.6 Å². The Balaban J connectivity index is 1.66. The topological polar surface area (TPSA) is 74.8 Å². The van der Waals surface area contributed by atoms with E-state index in [1.807, 2.05) is 36.4 Å². The maximum Gasteiger partial charge on any atom is 0.276 e. The van der Waals surface area contributed by atoms with E-state index in [-0.39, 0.29) is 17.2 Å². The van der Waals surface area contributed by atoms with Gasteiger partial charge in [-0.3, -0.25) is 14.7 Å². The Morgan fingerprint density at radius 1 is 1.16 bits per heavy atom. The average molecular weight is 333 g/mol. The second-order valence-corrected chi connectivity index (χ2v) is 6.69. The smallest absolute Gasteiger partial charge is 0.276 e. The number of aromatic nitrogens is 2. The van der Waals surface area contributed by atoms with Gasteiger partial charge in [0.25, 0.3) is 5.91 Å². The molecule has 2 N–H and O–H groups in total. The third-order valence-corrected chi connectivity index (χ3v) is 4.94. The minimum absolute atomic E-state index is 0.0899. The Labute approximate surface area is 145 Å². The monoisotopic (exact) mass is 333 g/mol. The van der Waals surface area contributed by atoms with Crippen LogP contribution in [0.5, 0.6) is 0 Å². The van der Waals surface area contributed by atoms with E-state index >= 15 is 0 Å². The summed E-state index contributed by atoms with van der Waals surface area (Å²) in [5.41, 5.74) is 1.25. The number of carbonyl (C=O) groups is 1. The molecule has 0 aliphatic heterocycles. The SMILES string of the molecule is CC1CC1C(NC(=O)c1n[nH]c2ccccc2c1=O)c1ccccc1. The van der Waals surface area contributed by atoms with Gasteiger partial charge in [0.15, 0.2) is 5.69 Å². The number of nitrogens with one attached hydrogen (secondary N) is 2. The van der Waals surface area contributed by atoms with E-state index in [9.17, 15) is 9.59 Å². The molecule has 3 atom stereocenters. The summed E-state index contributed by atoms with van der Waals surface area (Å²) in [5.74, 6) is 0.527. The Morgan fingerprint density at radius 3 is 2.56 bits per heavy atom. The van der Waals surface area contributed by atoms with Gasteiger partial charge in [-0.2, -0.15) is 5.10 Å². The third-order valence-electron chi connectivity index (χ3n) is 4.94. The zero-order valence-electron chi connectivity index (χ0n) is 13.9. The first-order valence-corrected chi connectivity index (χ1v) is 8.48. The van der Waals surface area contributed by atoms with Crippen molar-refractivity contribution < 1.29 is 4.79 Å². The maximum absolute atomic E-state index is 12.7. The van der Waals surface area contributed by atoms with Crippen molar-refractivity contribution in [1.29, 1.82) is 0 Å². The van der Waals surface area contributed by atoms with Gasteiger partial charge in [-0.05, 0) is 36.0 Å². The summed E-state index contributed by atoms with van der Waals surface area (Å²) in [7, 11) is 0. The highest BCUT2D eigenvalue weighted by atomic mass is 16.2. The van der Waals surface area contributed by atoms with Crippen LogP contribution in [0.2, 0.25) is 0 Å². The van der Waals surface area contributed by atoms with Gasteiger partial charge in [-0.1, -0.05) is 49.4 Å². The number of amides is 1. The van der Waals surface area contributed by atoms with Gasteiger partial charge >= 0.3 is 0 Å². The van der Waals surface area contributed by atoms with Crippen molar-refractivity contribution in [3.63, 3.8) is 0 Å². The quantitative estimate of drug-likeness (QED) is 0.770. The van der Waals surface area contributed by atoms with Crippen LogP contribution in [0.3, 0.4) is 0 Å². The van der Waals surface area contributed by atoms with Crippen molar-refractivity contribution in [1.82, 2.24) is 15.5 Å². The van der Waals surface area contributed by atoms with Crippen molar-refractivity contribution in [3.8, 4) is 0 Å². The molecular weight excluding hydrogens is 314 g/mol. The lowest BCUT2D eigenvalue weighted by atomic mass is 10.0. The van der Waals surface area contributed by atoms with Crippen molar-refractivity contribution in [2.24, 2.45) is 11.8 Å². The standard InChI is InChI=1S/C20H19N3O2/c1-12-11-15(12)17(13-7-3-2-4-8-13)21-20(25)18-19(24)14-9-5-6-10-16(14)22-23-18/h2-10,12,15,17H,11H2,1H3,(H,21,25)(H,22,24). The average Bonchev–Trinajstić information content (AvgIpc) is 3.37. The minimum atomic E-state index is -0.431. The molecule has 0 spiro atoms. The summed E-state index contributed by atoms with van der Waals surface area (Å²) in [4.78, 5) is 25.3. The molecule has 1 aliphatic carbocycles. The second kappa shape index (κ2) is 6.16. The highest BCUT2D eigenvalue weighted by Crippen LogP contribution is 2.46. The summed E-state index contributed by atoms with van der Waals surface area (Å²) in [6.07, 6.45) is 1.07. The van der Waals surface area contributed by atoms with Crippen LogP contribution < -0.4 is 10.7 Å². The number of rotatable bonds is 4. The number of carbonyl (C=O) groups excluding carboxylic acids is 1. The number of fused-ring (bicyclic) bond motifs is 1. The highest BCUT2D eigenvalue weighted by molar-refractivity contribution is 5.95. The van der Waals surface area contributed by atoms with E-state index < -0.39 is 5.91 Å². The summed E-state index contributed by atoms with van der Waals surface area (Å²) < 4.78 is 0. The number of para-hydroxylation sites is 1. The molecule has 1 aromatic heterocycles. The van der Waals surface area contributed by atoms with Crippen LogP contribution in [0.15, 0.2) is 59.4 Å². The zero-order valence-corrected chi connectivity index (χ0v) is 13.9. The maximum atomic E-state index is 12.7. The lowest BCUT2D eigenvalue weighted by Gasteiger charge is -2.19. The number of nitrogens with zero attached hydrogens (tertiary/aromatic N) is 1. The van der Waals surface area contributed by atoms with E-state index in [1.54, 1.807) is 18.2 Å². The number of benzene rings is 2. The molecule has 1 aliphatic rings. The van der Waals surface area contributed by atoms with E-state index in [2.05, 4.69) is 22.4 Å². The number of hydrogen-bond donors (Lipinski definition) is 2. The van der Waals surface area contributed by atoms with Crippen molar-refractivity contribution in [2.45, 2.75) is 19.4 Å². The van der Waals surface area contributed by atoms with Gasteiger partial charge in [0.2, 0.25) is 5.43 Å². The van der Waals surface area contributed by atoms with E-state index in [0.717, 1.165) is 12.0 Å². The molecule has 2 aromatic carbocycles. The molecular formula is C20H19N3O2. The van der Waals surface area contributed by atoms with Crippen molar-refractivity contribution >= 4 is 16.8 Å². The lowest BCUT2D eigenvalue weighted by Crippen LogP contribution is -2.34. The molecule has 5 heteroatoms. The molecule has 1 heterocycles. The Morgan fingerprint density at radius 2 is 1.84 bits per heavy atom. The van der Waals surface area contributed by atoms with Crippen LogP contribution in [0, 0.1) is 11.8 Å². The van der Waals surface area contributed by atoms with Crippen molar-refractivity contribution in [2.75, 3.05) is 0 Å². The molecule has 3 unspecified atom stereocenters. The van der Waals surface area contributed by atoms with E-state index in [0.29, 0.717) is 22.7 Å². The fourth-order valence-corrected chi connectivity index (χ4v) is 3.35. The Kier molecular flexibility index (Phi) is 3.84. The predicted molar refractivity (Wildman–Crippen MR) is 96.3 cm³/mol. The molecule has 25 heavy (non-hydrogen) atoms. The minimum Gasteiger partial charge on any atom is -0.343 e. The van der Waals surface area contributed by atoms with E-state index in [4.69, 9.17) is 0 Å². The summed E-state index contributed by atoms with van der Waals surface area (Å²) in [6, 6.07) is 16.9. The molecule has 1 saturated carbocycles. The number of hydrogen-bond acceptors (Lipinski definition) is 3. The van der Waals surface area contributed by atoms with Gasteiger partial charge in [0.1, 0.15) is 0 Å². The van der Waals surface area contributed by atoms with Gasteiger partial charge < -0.3 is 5.32 Å². The summed E-state index contributed by atoms with van der Waals surface area (Å²) in [5, 5.41) is 10.3. The van der Waals surface area contributed by atoms with Gasteiger partial charge in [0, 0.05) is 5.39 Å². The largest absolute Gasteiger partial charge is 0.343 e. The summed E-state index contributed by atoms with van der Waals surface area (Å²) in [6.45, 7) is 2.17. The van der Waals surface area contributed by atoms with Crippen molar-refractivity contribution in [3.05, 3.63) is 76.1 Å². The lowest BCUT2D eigenvalue weighted by molar-refractivity contribution is 0.0923. The molecule has 126 valence electrons. The molecule has 0 radical (unpaired) electrons. The Hall–Kier alpha value is -2.95. The number of H-pyrrole nitrogens is 1. The van der Waals surface area contributed by atoms with Crippen LogP contribution in [0.1, 0.15) is 35.4 Å². The molecule has 4 rings (SSSR count). The fourth-order valence-electron chi connectivity index (χ4n) is 3.35. The third kappa shape index (κ3) is 2.93. The van der Waals surface area contributed by atoms with Gasteiger partial charge in [-0.15, -0.1) is 0 Å². The van der Waals surface area contributed by atoms with Crippen LogP contribution >= 0.6 is 0 Å². The van der Waals surface area contributed by atoms with Gasteiger partial charge in [-0.25, -0.2) is 0 Å². The predicted octanol–water partition coefficient (Wildman–Crippen LogP) is 3.05. The van der Waals surface area contributed by atoms with Crippen LogP contribution in [-0.2, 0) is 0 Å². The first kappa shape index (κ1) is 15.6. The Bertz CT molecular complexity index is 981. The second-order valence-electron chi connectivity index (χ2n) is 6.69. The molecule has 1 amide bonds. The molecule has 1 fully saturated rings.